The van der Waals surface area contributed by atoms with E-state index in [2.05, 4.69) is 18.7 Å². The summed E-state index contributed by atoms with van der Waals surface area (Å²) in [4.78, 5) is 0. The maximum absolute atomic E-state index is 11.3. The Hall–Kier alpha value is -0.980. The Morgan fingerprint density at radius 3 is 2.69 bits per heavy atom. The van der Waals surface area contributed by atoms with Crippen molar-refractivity contribution < 1.29 is 9.09 Å². The van der Waals surface area contributed by atoms with E-state index in [0.29, 0.717) is 12.8 Å². The Labute approximate surface area is 98.2 Å². The van der Waals surface area contributed by atoms with Crippen LogP contribution in [0, 0.1) is 0 Å². The van der Waals surface area contributed by atoms with E-state index in [1.54, 1.807) is 6.08 Å². The van der Waals surface area contributed by atoms with E-state index < -0.39 is 8.03 Å². The van der Waals surface area contributed by atoms with Crippen LogP contribution in [0.15, 0.2) is 43.0 Å². The zero-order valence-corrected chi connectivity index (χ0v) is 10.4. The molecule has 0 aromatic heterocycles. The highest BCUT2D eigenvalue weighted by atomic mass is 31.1. The molecule has 0 spiro atoms. The topological polar surface area (TPSA) is 26.3 Å². The largest absolute Gasteiger partial charge is 0.508 e. The summed E-state index contributed by atoms with van der Waals surface area (Å²) in [5.74, 6) is 0. The van der Waals surface area contributed by atoms with Crippen LogP contribution in [0.25, 0.3) is 0 Å². The predicted octanol–water partition coefficient (Wildman–Crippen LogP) is 3.95. The van der Waals surface area contributed by atoms with Gasteiger partial charge in [-0.1, -0.05) is 36.4 Å². The van der Waals surface area contributed by atoms with Crippen molar-refractivity contribution in [2.75, 3.05) is 12.8 Å². The maximum atomic E-state index is 11.3. The van der Waals surface area contributed by atoms with Gasteiger partial charge in [0.15, 0.2) is 6.16 Å². The third-order valence-corrected chi connectivity index (χ3v) is 3.35. The third-order valence-electron chi connectivity index (χ3n) is 2.24. The maximum Gasteiger partial charge on any atom is 0.508 e. The number of hydrogen-bond acceptors (Lipinski definition) is 2. The van der Waals surface area contributed by atoms with Gasteiger partial charge in [0.05, 0.1) is 0 Å². The molecule has 0 saturated carbocycles. The van der Waals surface area contributed by atoms with Crippen molar-refractivity contribution in [1.82, 2.24) is 0 Å². The molecule has 0 aliphatic heterocycles. The molecular weight excluding hydrogens is 219 g/mol. The summed E-state index contributed by atoms with van der Waals surface area (Å²) in [5, 5.41) is 0. The predicted molar refractivity (Wildman–Crippen MR) is 68.0 cm³/mol. The molecule has 2 nitrogen and oxygen atoms in total. The minimum Gasteiger partial charge on any atom is -0.142 e. The van der Waals surface area contributed by atoms with Gasteiger partial charge in [-0.25, -0.2) is 0 Å². The fraction of sp³-hybridized carbons (Fsp3) is 0.385. The van der Waals surface area contributed by atoms with Gasteiger partial charge < -0.3 is 0 Å². The molecule has 0 amide bonds. The lowest BCUT2D eigenvalue weighted by molar-refractivity contribution is 0.370. The van der Waals surface area contributed by atoms with Crippen molar-refractivity contribution >= 4 is 8.03 Å². The summed E-state index contributed by atoms with van der Waals surface area (Å²) in [6.07, 6.45) is 5.32. The molecule has 0 heterocycles. The normalized spacial score (nSPS) is 11.1. The lowest BCUT2D eigenvalue weighted by atomic mass is 10.1. The van der Waals surface area contributed by atoms with Crippen molar-refractivity contribution in [3.05, 3.63) is 48.6 Å². The molecule has 3 heteroatoms. The van der Waals surface area contributed by atoms with Gasteiger partial charge in [0, 0.05) is 0 Å². The van der Waals surface area contributed by atoms with Crippen molar-refractivity contribution in [2.45, 2.75) is 19.3 Å². The number of hydrogen-bond donors (Lipinski definition) is 0. The van der Waals surface area contributed by atoms with Crippen molar-refractivity contribution in [3.8, 4) is 0 Å². The highest BCUT2D eigenvalue weighted by molar-refractivity contribution is 7.39. The van der Waals surface area contributed by atoms with E-state index in [9.17, 15) is 4.57 Å². The van der Waals surface area contributed by atoms with Crippen molar-refractivity contribution in [2.24, 2.45) is 0 Å². The first-order valence-electron chi connectivity index (χ1n) is 5.55. The van der Waals surface area contributed by atoms with Crippen LogP contribution in [-0.4, -0.2) is 12.8 Å². The Morgan fingerprint density at radius 2 is 2.00 bits per heavy atom. The van der Waals surface area contributed by atoms with E-state index in [1.165, 1.54) is 5.56 Å². The first-order valence-corrected chi connectivity index (χ1v) is 6.91. The summed E-state index contributed by atoms with van der Waals surface area (Å²) < 4.78 is 16.3. The smallest absolute Gasteiger partial charge is 0.142 e. The van der Waals surface area contributed by atoms with Crippen LogP contribution in [0.2, 0.25) is 0 Å². The first-order chi connectivity index (χ1) is 7.83. The van der Waals surface area contributed by atoms with Crippen LogP contribution in [0.3, 0.4) is 0 Å². The summed E-state index contributed by atoms with van der Waals surface area (Å²) in [7, 11) is -1.49. The molecule has 0 bridgehead atoms. The SMILES string of the molecule is C=CCO[P+](=O)CCCCc1ccccc1. The second-order valence-corrected chi connectivity index (χ2v) is 4.95. The van der Waals surface area contributed by atoms with E-state index in [0.717, 1.165) is 19.3 Å². The van der Waals surface area contributed by atoms with Gasteiger partial charge in [0.2, 0.25) is 0 Å². The number of aryl methyl sites for hydroxylation is 1. The molecule has 0 saturated heterocycles. The molecule has 86 valence electrons. The summed E-state index contributed by atoms with van der Waals surface area (Å²) in [5.41, 5.74) is 1.34. The van der Waals surface area contributed by atoms with Gasteiger partial charge in [0.25, 0.3) is 0 Å². The number of unbranched alkanes of at least 4 members (excludes halogenated alkanes) is 1. The molecule has 16 heavy (non-hydrogen) atoms. The van der Waals surface area contributed by atoms with E-state index in [-0.39, 0.29) is 0 Å². The molecule has 1 rings (SSSR count). The van der Waals surface area contributed by atoms with E-state index >= 15 is 0 Å². The van der Waals surface area contributed by atoms with Crippen molar-refractivity contribution in [1.29, 1.82) is 0 Å². The minimum atomic E-state index is -1.49. The monoisotopic (exact) mass is 237 g/mol. The van der Waals surface area contributed by atoms with E-state index in [4.69, 9.17) is 4.52 Å². The highest BCUT2D eigenvalue weighted by Gasteiger charge is 2.14. The zero-order chi connectivity index (χ0) is 11.6. The second kappa shape index (κ2) is 8.20. The standard InChI is InChI=1S/C13H18O2P/c1-2-11-15-16(14)12-7-6-10-13-8-4-3-5-9-13/h2-5,8-9H,1,6-7,10-12H2/q+1. The molecule has 0 aliphatic rings. The summed E-state index contributed by atoms with van der Waals surface area (Å²) in [6, 6.07) is 10.3. The molecule has 0 fully saturated rings. The Kier molecular flexibility index (Phi) is 6.71. The van der Waals surface area contributed by atoms with Gasteiger partial charge >= 0.3 is 8.03 Å². The van der Waals surface area contributed by atoms with Gasteiger partial charge in [-0.3, -0.25) is 0 Å². The Morgan fingerprint density at radius 1 is 1.25 bits per heavy atom. The van der Waals surface area contributed by atoms with Gasteiger partial charge in [-0.05, 0) is 29.4 Å². The zero-order valence-electron chi connectivity index (χ0n) is 9.47. The average molecular weight is 237 g/mol. The van der Waals surface area contributed by atoms with Crippen LogP contribution in [0.4, 0.5) is 0 Å². The van der Waals surface area contributed by atoms with Crippen LogP contribution in [0.5, 0.6) is 0 Å². The fourth-order valence-electron chi connectivity index (χ4n) is 1.42. The third kappa shape index (κ3) is 5.79. The van der Waals surface area contributed by atoms with Crippen molar-refractivity contribution in [3.63, 3.8) is 0 Å². The summed E-state index contributed by atoms with van der Waals surface area (Å²) in [6.45, 7) is 3.90. The highest BCUT2D eigenvalue weighted by Crippen LogP contribution is 2.23. The van der Waals surface area contributed by atoms with Crippen LogP contribution >= 0.6 is 8.03 Å². The van der Waals surface area contributed by atoms with Crippen LogP contribution < -0.4 is 0 Å². The van der Waals surface area contributed by atoms with Crippen LogP contribution in [-0.2, 0) is 15.5 Å². The number of rotatable bonds is 8. The van der Waals surface area contributed by atoms with Crippen LogP contribution in [0.1, 0.15) is 18.4 Å². The van der Waals surface area contributed by atoms with E-state index in [1.807, 2.05) is 18.2 Å². The Balaban J connectivity index is 2.08. The lowest BCUT2D eigenvalue weighted by Crippen LogP contribution is -1.88. The quantitative estimate of drug-likeness (QED) is 0.388. The Bertz CT molecular complexity index is 322. The molecule has 1 unspecified atom stereocenters. The average Bonchev–Trinajstić information content (AvgIpc) is 2.33. The molecule has 1 atom stereocenters. The molecule has 0 aliphatic carbocycles. The van der Waals surface area contributed by atoms with Gasteiger partial charge in [-0.15, -0.1) is 11.1 Å². The fourth-order valence-corrected chi connectivity index (χ4v) is 2.30. The summed E-state index contributed by atoms with van der Waals surface area (Å²) >= 11 is 0. The molecule has 0 N–H and O–H groups in total. The lowest BCUT2D eigenvalue weighted by Gasteiger charge is -1.97. The number of benzene rings is 1. The van der Waals surface area contributed by atoms with Gasteiger partial charge in [0.1, 0.15) is 6.61 Å². The molecule has 0 radical (unpaired) electrons. The van der Waals surface area contributed by atoms with Gasteiger partial charge in [-0.2, -0.15) is 0 Å². The molecule has 1 aromatic rings. The minimum absolute atomic E-state index is 0.383. The second-order valence-electron chi connectivity index (χ2n) is 3.58. The molecule has 1 aromatic carbocycles. The molecular formula is C13H18O2P+. The first kappa shape index (κ1) is 13.1.